The molecule has 1 unspecified atom stereocenters. The van der Waals surface area contributed by atoms with Gasteiger partial charge in [0.25, 0.3) is 0 Å². The number of aromatic nitrogens is 3. The van der Waals surface area contributed by atoms with Crippen molar-refractivity contribution >= 4 is 22.9 Å². The molecule has 0 bridgehead atoms. The number of nitrogens with zero attached hydrogens (tertiary/aromatic N) is 3. The summed E-state index contributed by atoms with van der Waals surface area (Å²) in [5.41, 5.74) is 2.12. The van der Waals surface area contributed by atoms with Gasteiger partial charge in [0.05, 0.1) is 11.2 Å². The Labute approximate surface area is 164 Å². The highest BCUT2D eigenvalue weighted by Crippen LogP contribution is 2.21. The van der Waals surface area contributed by atoms with Crippen molar-refractivity contribution in [3.63, 3.8) is 0 Å². The minimum Gasteiger partial charge on any atom is -0.444 e. The molecule has 2 N–H and O–H groups in total. The Bertz CT molecular complexity index is 968. The zero-order valence-corrected chi connectivity index (χ0v) is 16.6. The van der Waals surface area contributed by atoms with Crippen LogP contribution in [0.5, 0.6) is 0 Å². The molecule has 2 aromatic heterocycles. The van der Waals surface area contributed by atoms with Crippen molar-refractivity contribution in [1.82, 2.24) is 20.3 Å². The molecule has 0 aliphatic rings. The molecule has 7 heteroatoms. The lowest BCUT2D eigenvalue weighted by molar-refractivity contribution is 0.0526. The van der Waals surface area contributed by atoms with Gasteiger partial charge in [-0.05, 0) is 45.9 Å². The van der Waals surface area contributed by atoms with Gasteiger partial charge in [-0.1, -0.05) is 18.2 Å². The number of carbonyl (C=O) groups is 1. The van der Waals surface area contributed by atoms with Crippen LogP contribution in [0.1, 0.15) is 27.7 Å². The topological polar surface area (TPSA) is 89.0 Å². The van der Waals surface area contributed by atoms with E-state index in [1.807, 2.05) is 64.2 Å². The molecule has 0 fully saturated rings. The van der Waals surface area contributed by atoms with Crippen molar-refractivity contribution in [2.75, 3.05) is 11.9 Å². The molecule has 3 rings (SSSR count). The second-order valence-electron chi connectivity index (χ2n) is 7.61. The van der Waals surface area contributed by atoms with Crippen LogP contribution in [-0.4, -0.2) is 39.2 Å². The molecule has 146 valence electrons. The first-order valence-electron chi connectivity index (χ1n) is 9.22. The van der Waals surface area contributed by atoms with Gasteiger partial charge in [-0.25, -0.2) is 14.8 Å². The first-order valence-corrected chi connectivity index (χ1v) is 9.22. The van der Waals surface area contributed by atoms with Crippen LogP contribution in [0.4, 0.5) is 10.7 Å². The van der Waals surface area contributed by atoms with E-state index < -0.39 is 11.7 Å². The second kappa shape index (κ2) is 8.21. The Hall–Kier alpha value is -3.22. The number of nitrogens with one attached hydrogen (secondary N) is 2. The molecule has 0 radical (unpaired) electrons. The Morgan fingerprint density at radius 2 is 1.96 bits per heavy atom. The molecule has 7 nitrogen and oxygen atoms in total. The molecule has 0 spiro atoms. The van der Waals surface area contributed by atoms with Crippen molar-refractivity contribution in [1.29, 1.82) is 0 Å². The molecule has 1 amide bonds. The van der Waals surface area contributed by atoms with E-state index in [0.29, 0.717) is 12.5 Å². The monoisotopic (exact) mass is 379 g/mol. The van der Waals surface area contributed by atoms with Gasteiger partial charge >= 0.3 is 6.09 Å². The van der Waals surface area contributed by atoms with Crippen molar-refractivity contribution < 1.29 is 9.53 Å². The van der Waals surface area contributed by atoms with Crippen LogP contribution in [0.3, 0.4) is 0 Å². The predicted octanol–water partition coefficient (Wildman–Crippen LogP) is 4.02. The summed E-state index contributed by atoms with van der Waals surface area (Å²) in [6, 6.07) is 11.8. The molecule has 1 aromatic carbocycles. The zero-order chi connectivity index (χ0) is 20.1. The SMILES string of the molecule is CC(CNC(=O)OC(C)(C)C)Nc1nccc(-c2cnc3ccccc3c2)n1. The van der Waals surface area contributed by atoms with Crippen LogP contribution in [0.25, 0.3) is 22.2 Å². The molecular formula is C21H25N5O2. The van der Waals surface area contributed by atoms with Crippen molar-refractivity contribution in [2.45, 2.75) is 39.3 Å². The van der Waals surface area contributed by atoms with Crippen LogP contribution >= 0.6 is 0 Å². The molecule has 1 atom stereocenters. The number of anilines is 1. The third-order valence-corrected chi connectivity index (χ3v) is 3.87. The van der Waals surface area contributed by atoms with Gasteiger partial charge in [-0.15, -0.1) is 0 Å². The van der Waals surface area contributed by atoms with Crippen LogP contribution in [0.15, 0.2) is 48.8 Å². The summed E-state index contributed by atoms with van der Waals surface area (Å²) in [6.07, 6.45) is 3.06. The van der Waals surface area contributed by atoms with Crippen LogP contribution in [0, 0.1) is 0 Å². The maximum absolute atomic E-state index is 11.8. The number of pyridine rings is 1. The summed E-state index contributed by atoms with van der Waals surface area (Å²) in [5, 5.41) is 6.99. The molecule has 2 heterocycles. The van der Waals surface area contributed by atoms with Gasteiger partial charge in [-0.3, -0.25) is 4.98 Å². The van der Waals surface area contributed by atoms with Crippen LogP contribution in [0.2, 0.25) is 0 Å². The number of carbonyl (C=O) groups excluding carboxylic acids is 1. The third kappa shape index (κ3) is 5.39. The summed E-state index contributed by atoms with van der Waals surface area (Å²) >= 11 is 0. The molecular weight excluding hydrogens is 354 g/mol. The van der Waals surface area contributed by atoms with E-state index in [1.54, 1.807) is 6.20 Å². The summed E-state index contributed by atoms with van der Waals surface area (Å²) in [7, 11) is 0. The maximum atomic E-state index is 11.8. The van der Waals surface area contributed by atoms with Gasteiger partial charge in [0.1, 0.15) is 5.60 Å². The largest absolute Gasteiger partial charge is 0.444 e. The standard InChI is InChI=1S/C21H25N5O2/c1-14(12-24-20(27)28-21(2,3)4)25-19-22-10-9-18(26-19)16-11-15-7-5-6-8-17(15)23-13-16/h5-11,13-14H,12H2,1-4H3,(H,24,27)(H,22,25,26). The van der Waals surface area contributed by atoms with E-state index in [1.165, 1.54) is 0 Å². The second-order valence-corrected chi connectivity index (χ2v) is 7.61. The van der Waals surface area contributed by atoms with Gasteiger partial charge in [-0.2, -0.15) is 0 Å². The van der Waals surface area contributed by atoms with Gasteiger partial charge in [0.15, 0.2) is 0 Å². The number of hydrogen-bond acceptors (Lipinski definition) is 6. The van der Waals surface area contributed by atoms with Gasteiger partial charge in [0, 0.05) is 35.9 Å². The molecule has 0 saturated carbocycles. The number of hydrogen-bond donors (Lipinski definition) is 2. The van der Waals surface area contributed by atoms with E-state index in [-0.39, 0.29) is 6.04 Å². The molecule has 3 aromatic rings. The van der Waals surface area contributed by atoms with Crippen LogP contribution < -0.4 is 10.6 Å². The summed E-state index contributed by atoms with van der Waals surface area (Å²) in [5.74, 6) is 0.490. The predicted molar refractivity (Wildman–Crippen MR) is 110 cm³/mol. The minimum atomic E-state index is -0.522. The number of ether oxygens (including phenoxy) is 1. The van der Waals surface area contributed by atoms with Crippen molar-refractivity contribution in [3.8, 4) is 11.3 Å². The number of rotatable bonds is 5. The maximum Gasteiger partial charge on any atom is 0.407 e. The van der Waals surface area contributed by atoms with E-state index >= 15 is 0 Å². The Morgan fingerprint density at radius 3 is 2.75 bits per heavy atom. The third-order valence-electron chi connectivity index (χ3n) is 3.87. The summed E-state index contributed by atoms with van der Waals surface area (Å²) in [6.45, 7) is 7.81. The highest BCUT2D eigenvalue weighted by atomic mass is 16.6. The highest BCUT2D eigenvalue weighted by Gasteiger charge is 2.16. The highest BCUT2D eigenvalue weighted by molar-refractivity contribution is 5.82. The smallest absolute Gasteiger partial charge is 0.407 e. The quantitative estimate of drug-likeness (QED) is 0.696. The fraction of sp³-hybridized carbons (Fsp3) is 0.333. The minimum absolute atomic E-state index is 0.0718. The van der Waals surface area contributed by atoms with Crippen molar-refractivity contribution in [2.24, 2.45) is 0 Å². The first kappa shape index (κ1) is 19.5. The number of alkyl carbamates (subject to hydrolysis) is 1. The normalized spacial score (nSPS) is 12.4. The molecule has 0 aliphatic carbocycles. The number of fused-ring (bicyclic) bond motifs is 1. The first-order chi connectivity index (χ1) is 13.3. The van der Waals surface area contributed by atoms with E-state index in [9.17, 15) is 4.79 Å². The number of benzene rings is 1. The number of amides is 1. The van der Waals surface area contributed by atoms with Crippen molar-refractivity contribution in [3.05, 3.63) is 48.8 Å². The lowest BCUT2D eigenvalue weighted by atomic mass is 10.1. The lowest BCUT2D eigenvalue weighted by Crippen LogP contribution is -2.38. The number of para-hydroxylation sites is 1. The fourth-order valence-electron chi connectivity index (χ4n) is 2.62. The lowest BCUT2D eigenvalue weighted by Gasteiger charge is -2.21. The average Bonchev–Trinajstić information content (AvgIpc) is 2.65. The Morgan fingerprint density at radius 1 is 1.18 bits per heavy atom. The van der Waals surface area contributed by atoms with E-state index in [2.05, 4.69) is 31.7 Å². The average molecular weight is 379 g/mol. The summed E-state index contributed by atoms with van der Waals surface area (Å²) < 4.78 is 5.23. The van der Waals surface area contributed by atoms with Crippen LogP contribution in [-0.2, 0) is 4.74 Å². The Balaban J connectivity index is 1.65. The Kier molecular flexibility index (Phi) is 5.73. The van der Waals surface area contributed by atoms with E-state index in [0.717, 1.165) is 22.2 Å². The van der Waals surface area contributed by atoms with Gasteiger partial charge in [0.2, 0.25) is 5.95 Å². The summed E-state index contributed by atoms with van der Waals surface area (Å²) in [4.78, 5) is 25.1. The molecule has 0 saturated heterocycles. The molecule has 0 aliphatic heterocycles. The van der Waals surface area contributed by atoms with E-state index in [4.69, 9.17) is 4.74 Å². The zero-order valence-electron chi connectivity index (χ0n) is 16.6. The molecule has 28 heavy (non-hydrogen) atoms. The fourth-order valence-corrected chi connectivity index (χ4v) is 2.62. The van der Waals surface area contributed by atoms with Gasteiger partial charge < -0.3 is 15.4 Å².